The summed E-state index contributed by atoms with van der Waals surface area (Å²) in [6.45, 7) is 6.36. The van der Waals surface area contributed by atoms with Crippen LogP contribution in [0.1, 0.15) is 27.3 Å². The molecule has 0 fully saturated rings. The molecule has 1 aromatic carbocycles. The highest BCUT2D eigenvalue weighted by atomic mass is 16.5. The topological polar surface area (TPSA) is 38.3 Å². The summed E-state index contributed by atoms with van der Waals surface area (Å²) in [5.41, 5.74) is 1.89. The van der Waals surface area contributed by atoms with Crippen LogP contribution < -0.4 is 10.1 Å². The molecule has 0 aromatic heterocycles. The van der Waals surface area contributed by atoms with Crippen molar-refractivity contribution >= 4 is 11.6 Å². The van der Waals surface area contributed by atoms with E-state index in [0.29, 0.717) is 0 Å². The fourth-order valence-corrected chi connectivity index (χ4v) is 1.18. The Kier molecular flexibility index (Phi) is 4.16. The molecule has 0 spiro atoms. The molecule has 1 aliphatic rings. The van der Waals surface area contributed by atoms with Gasteiger partial charge in [-0.1, -0.05) is 26.3 Å². The summed E-state index contributed by atoms with van der Waals surface area (Å²) in [5.74, 6) is 0.668. The highest BCUT2D eigenvalue weighted by Crippen LogP contribution is 2.27. The zero-order valence-corrected chi connectivity index (χ0v) is 9.46. The molecule has 0 radical (unpaired) electrons. The molecule has 1 N–H and O–H groups in total. The van der Waals surface area contributed by atoms with Crippen molar-refractivity contribution in [2.24, 2.45) is 0 Å². The molecule has 0 saturated heterocycles. The summed E-state index contributed by atoms with van der Waals surface area (Å²) in [6.07, 6.45) is 1.25. The molecule has 0 bridgehead atoms. The van der Waals surface area contributed by atoms with Crippen molar-refractivity contribution < 1.29 is 11.0 Å². The molecular weight excluding hydrogens is 190 g/mol. The number of anilines is 1. The van der Waals surface area contributed by atoms with Gasteiger partial charge in [0.2, 0.25) is 0 Å². The largest absolute Gasteiger partial charge is 0.482 e. The fourth-order valence-electron chi connectivity index (χ4n) is 1.18. The molecule has 15 heavy (non-hydrogen) atoms. The van der Waals surface area contributed by atoms with Crippen LogP contribution in [-0.4, -0.2) is 12.5 Å². The smallest absolute Gasteiger partial charge is 0.262 e. The molecule has 1 aliphatic heterocycles. The van der Waals surface area contributed by atoms with Crippen molar-refractivity contribution in [3.8, 4) is 5.75 Å². The van der Waals surface area contributed by atoms with Crippen LogP contribution in [0.3, 0.4) is 0 Å². The summed E-state index contributed by atoms with van der Waals surface area (Å²) in [5, 5.41) is 2.72. The van der Waals surface area contributed by atoms with Crippen molar-refractivity contribution in [1.82, 2.24) is 0 Å². The van der Waals surface area contributed by atoms with E-state index in [0.717, 1.165) is 17.0 Å². The minimum Gasteiger partial charge on any atom is -0.482 e. The number of benzene rings is 1. The first-order chi connectivity index (χ1) is 7.17. The van der Waals surface area contributed by atoms with Crippen molar-refractivity contribution in [2.45, 2.75) is 27.2 Å². The van der Waals surface area contributed by atoms with Gasteiger partial charge in [0.1, 0.15) is 5.75 Å². The van der Waals surface area contributed by atoms with E-state index in [4.69, 9.17) is 4.74 Å². The van der Waals surface area contributed by atoms with Gasteiger partial charge in [-0.25, -0.2) is 0 Å². The van der Waals surface area contributed by atoms with Gasteiger partial charge in [-0.05, 0) is 24.6 Å². The van der Waals surface area contributed by atoms with E-state index < -0.39 is 0 Å². The SMILES string of the molecule is CCC.Cc1ccc2c(c1)OCC(=O)N2.[HH]. The monoisotopic (exact) mass is 209 g/mol. The van der Waals surface area contributed by atoms with Crippen molar-refractivity contribution in [2.75, 3.05) is 11.9 Å². The van der Waals surface area contributed by atoms with Gasteiger partial charge in [-0.3, -0.25) is 4.79 Å². The molecule has 84 valence electrons. The second-order valence-electron chi connectivity index (χ2n) is 3.54. The molecule has 0 atom stereocenters. The van der Waals surface area contributed by atoms with Crippen LogP contribution in [-0.2, 0) is 4.79 Å². The quantitative estimate of drug-likeness (QED) is 0.713. The van der Waals surface area contributed by atoms with Crippen LogP contribution in [0.15, 0.2) is 18.2 Å². The van der Waals surface area contributed by atoms with E-state index in [-0.39, 0.29) is 13.9 Å². The van der Waals surface area contributed by atoms with E-state index in [1.165, 1.54) is 6.42 Å². The lowest BCUT2D eigenvalue weighted by Crippen LogP contribution is -2.25. The first-order valence-corrected chi connectivity index (χ1v) is 5.20. The predicted octanol–water partition coefficient (Wildman–Crippen LogP) is 2.99. The lowest BCUT2D eigenvalue weighted by molar-refractivity contribution is -0.118. The minimum atomic E-state index is -0.0913. The maximum absolute atomic E-state index is 10.9. The molecule has 0 saturated carbocycles. The van der Waals surface area contributed by atoms with Crippen LogP contribution in [0.4, 0.5) is 5.69 Å². The molecule has 0 aliphatic carbocycles. The number of fused-ring (bicyclic) bond motifs is 1. The number of ether oxygens (including phenoxy) is 1. The van der Waals surface area contributed by atoms with Gasteiger partial charge in [0.05, 0.1) is 5.69 Å². The number of carbonyl (C=O) groups excluding carboxylic acids is 1. The van der Waals surface area contributed by atoms with Gasteiger partial charge in [-0.15, -0.1) is 0 Å². The van der Waals surface area contributed by atoms with Crippen LogP contribution in [0.2, 0.25) is 0 Å². The third-order valence-electron chi connectivity index (χ3n) is 1.77. The normalized spacial score (nSPS) is 12.9. The average Bonchev–Trinajstić information content (AvgIpc) is 2.20. The lowest BCUT2D eigenvalue weighted by atomic mass is 10.2. The first-order valence-electron chi connectivity index (χ1n) is 5.20. The lowest BCUT2D eigenvalue weighted by Gasteiger charge is -2.17. The first kappa shape index (κ1) is 11.6. The summed E-state index contributed by atoms with van der Waals surface area (Å²) >= 11 is 0. The van der Waals surface area contributed by atoms with Crippen molar-refractivity contribution in [1.29, 1.82) is 0 Å². The Morgan fingerprint density at radius 1 is 1.47 bits per heavy atom. The molecule has 3 nitrogen and oxygen atoms in total. The second-order valence-corrected chi connectivity index (χ2v) is 3.54. The summed E-state index contributed by atoms with van der Waals surface area (Å²) < 4.78 is 5.20. The zero-order chi connectivity index (χ0) is 11.3. The Balaban J connectivity index is 0.000000511. The summed E-state index contributed by atoms with van der Waals surface area (Å²) in [6, 6.07) is 5.70. The number of amides is 1. The zero-order valence-electron chi connectivity index (χ0n) is 9.46. The van der Waals surface area contributed by atoms with Crippen molar-refractivity contribution in [3.63, 3.8) is 0 Å². The van der Waals surface area contributed by atoms with Gasteiger partial charge in [-0.2, -0.15) is 0 Å². The molecule has 3 heteroatoms. The van der Waals surface area contributed by atoms with Gasteiger partial charge in [0.15, 0.2) is 6.61 Å². The fraction of sp³-hybridized carbons (Fsp3) is 0.417. The van der Waals surface area contributed by atoms with Gasteiger partial charge < -0.3 is 10.1 Å². The highest BCUT2D eigenvalue weighted by molar-refractivity contribution is 5.95. The number of rotatable bonds is 0. The van der Waals surface area contributed by atoms with Crippen molar-refractivity contribution in [3.05, 3.63) is 23.8 Å². The summed E-state index contributed by atoms with van der Waals surface area (Å²) in [4.78, 5) is 10.9. The predicted molar refractivity (Wildman–Crippen MR) is 63.4 cm³/mol. The number of hydrogen-bond acceptors (Lipinski definition) is 2. The highest BCUT2D eigenvalue weighted by Gasteiger charge is 2.14. The van der Waals surface area contributed by atoms with E-state index in [1.54, 1.807) is 0 Å². The molecular formula is C12H19NO2. The number of nitrogens with one attached hydrogen (secondary N) is 1. The molecule has 1 aromatic rings. The molecule has 1 amide bonds. The standard InChI is InChI=1S/C9H9NO2.C3H8.H2/c1-6-2-3-7-8(4-6)12-5-9(11)10-7;1-3-2;/h2-4H,5H2,1H3,(H,10,11);3H2,1-2H3;1H. The van der Waals surface area contributed by atoms with E-state index in [1.807, 2.05) is 25.1 Å². The Morgan fingerprint density at radius 3 is 2.80 bits per heavy atom. The van der Waals surface area contributed by atoms with Gasteiger partial charge in [0, 0.05) is 1.43 Å². The molecule has 1 heterocycles. The van der Waals surface area contributed by atoms with Crippen LogP contribution >= 0.6 is 0 Å². The Morgan fingerprint density at radius 2 is 2.13 bits per heavy atom. The van der Waals surface area contributed by atoms with E-state index >= 15 is 0 Å². The maximum Gasteiger partial charge on any atom is 0.262 e. The Hall–Kier alpha value is -1.51. The van der Waals surface area contributed by atoms with E-state index in [2.05, 4.69) is 19.2 Å². The molecule has 0 unspecified atom stereocenters. The second kappa shape index (κ2) is 5.39. The number of aryl methyl sites for hydroxylation is 1. The van der Waals surface area contributed by atoms with E-state index in [9.17, 15) is 4.79 Å². The Bertz CT molecular complexity index is 353. The average molecular weight is 209 g/mol. The maximum atomic E-state index is 10.9. The minimum absolute atomic E-state index is 0. The summed E-state index contributed by atoms with van der Waals surface area (Å²) in [7, 11) is 0. The number of carbonyl (C=O) groups is 1. The number of hydrogen-bond donors (Lipinski definition) is 1. The third kappa shape index (κ3) is 3.27. The van der Waals surface area contributed by atoms with Crippen LogP contribution in [0, 0.1) is 6.92 Å². The van der Waals surface area contributed by atoms with Crippen LogP contribution in [0.5, 0.6) is 5.75 Å². The van der Waals surface area contributed by atoms with Gasteiger partial charge >= 0.3 is 0 Å². The van der Waals surface area contributed by atoms with Crippen LogP contribution in [0.25, 0.3) is 0 Å². The van der Waals surface area contributed by atoms with Gasteiger partial charge in [0.25, 0.3) is 5.91 Å². The molecule has 2 rings (SSSR count). The Labute approximate surface area is 91.9 Å². The third-order valence-corrected chi connectivity index (χ3v) is 1.77.